The molecule has 0 fully saturated rings. The Bertz CT molecular complexity index is 1360. The molecule has 3 rings (SSSR count). The minimum Gasteiger partial charge on any atom is -0.508 e. The third-order valence-electron chi connectivity index (χ3n) is 6.84. The van der Waals surface area contributed by atoms with Crippen molar-refractivity contribution in [3.8, 4) is 5.75 Å². The van der Waals surface area contributed by atoms with Gasteiger partial charge in [-0.3, -0.25) is 14.4 Å². The molecule has 0 radical (unpaired) electrons. The van der Waals surface area contributed by atoms with Gasteiger partial charge in [-0.1, -0.05) is 30.3 Å². The molecular formula is C29H38N6O6S. The number of carbonyl (C=O) groups excluding carboxylic acids is 3. The van der Waals surface area contributed by atoms with Gasteiger partial charge >= 0.3 is 5.97 Å². The summed E-state index contributed by atoms with van der Waals surface area (Å²) in [5.41, 5.74) is 14.2. The van der Waals surface area contributed by atoms with Gasteiger partial charge in [-0.25, -0.2) is 4.79 Å². The number of aromatic amines is 1. The summed E-state index contributed by atoms with van der Waals surface area (Å²) >= 11 is 3.98. The number of phenolic OH excluding ortho intramolecular Hbond substituents is 1. The predicted octanol–water partition coefficient (Wildman–Crippen LogP) is 0.584. The summed E-state index contributed by atoms with van der Waals surface area (Å²) in [6.45, 7) is 0.379. The standard InChI is InChI=1S/C29H38N6O6S/c30-12-4-3-7-23(27(38)35-25(16-42)29(40)41)33-28(39)24(13-17-8-10-19(36)11-9-17)34-26(37)21(31)14-18-15-32-22-6-2-1-5-20(18)22/h1-2,5-6,8-11,15,21,23-25,32,36,42H,3-4,7,12-14,16,30-31H2,(H,33,39)(H,34,37)(H,35,38)(H,40,41). The quantitative estimate of drug-likeness (QED) is 0.0838. The highest BCUT2D eigenvalue weighted by molar-refractivity contribution is 7.80. The number of aromatic nitrogens is 1. The summed E-state index contributed by atoms with van der Waals surface area (Å²) in [6.07, 6.45) is 3.34. The zero-order chi connectivity index (χ0) is 30.6. The van der Waals surface area contributed by atoms with Crippen LogP contribution in [0, 0.1) is 0 Å². The van der Waals surface area contributed by atoms with Crippen LogP contribution in [0.1, 0.15) is 30.4 Å². The number of nitrogens with one attached hydrogen (secondary N) is 4. The van der Waals surface area contributed by atoms with Gasteiger partial charge in [0.2, 0.25) is 17.7 Å². The number of rotatable bonds is 16. The number of aliphatic carboxylic acids is 1. The second-order valence-electron chi connectivity index (χ2n) is 10.0. The lowest BCUT2D eigenvalue weighted by molar-refractivity contribution is -0.141. The summed E-state index contributed by atoms with van der Waals surface area (Å²) in [4.78, 5) is 54.3. The molecule has 12 nitrogen and oxygen atoms in total. The van der Waals surface area contributed by atoms with Gasteiger partial charge in [0.15, 0.2) is 0 Å². The van der Waals surface area contributed by atoms with Gasteiger partial charge in [0.05, 0.1) is 6.04 Å². The second kappa shape index (κ2) is 15.8. The van der Waals surface area contributed by atoms with E-state index in [-0.39, 0.29) is 30.8 Å². The lowest BCUT2D eigenvalue weighted by Crippen LogP contribution is -2.58. The maximum absolute atomic E-state index is 13.5. The molecule has 42 heavy (non-hydrogen) atoms. The molecule has 0 saturated carbocycles. The SMILES string of the molecule is NCCCCC(NC(=O)C(Cc1ccc(O)cc1)NC(=O)C(N)Cc1c[nH]c2ccccc12)C(=O)NC(CS)C(=O)O. The van der Waals surface area contributed by atoms with Crippen molar-refractivity contribution >= 4 is 47.2 Å². The van der Waals surface area contributed by atoms with Crippen LogP contribution in [0.15, 0.2) is 54.7 Å². The van der Waals surface area contributed by atoms with Crippen LogP contribution in [0.25, 0.3) is 10.9 Å². The Morgan fingerprint density at radius 2 is 1.50 bits per heavy atom. The number of unbranched alkanes of at least 4 members (excludes halogenated alkanes) is 1. The summed E-state index contributed by atoms with van der Waals surface area (Å²) in [5.74, 6) is -3.26. The molecule has 0 saturated heterocycles. The molecule has 1 heterocycles. The normalized spacial score (nSPS) is 14.0. The molecule has 2 aromatic carbocycles. The maximum atomic E-state index is 13.5. The van der Waals surface area contributed by atoms with Gasteiger partial charge < -0.3 is 42.6 Å². The van der Waals surface area contributed by atoms with Crippen LogP contribution in [0.4, 0.5) is 0 Å². The van der Waals surface area contributed by atoms with E-state index < -0.39 is 47.9 Å². The number of H-pyrrole nitrogens is 1. The Morgan fingerprint density at radius 3 is 2.17 bits per heavy atom. The Hall–Kier alpha value is -4.07. The first-order chi connectivity index (χ1) is 20.1. The molecule has 0 spiro atoms. The molecule has 0 aliphatic rings. The van der Waals surface area contributed by atoms with Crippen molar-refractivity contribution in [2.45, 2.75) is 56.3 Å². The zero-order valence-electron chi connectivity index (χ0n) is 23.1. The van der Waals surface area contributed by atoms with Crippen LogP contribution < -0.4 is 27.4 Å². The number of fused-ring (bicyclic) bond motifs is 1. The summed E-state index contributed by atoms with van der Waals surface area (Å²) in [5, 5.41) is 27.7. The number of carbonyl (C=O) groups is 4. The third kappa shape index (κ3) is 9.23. The van der Waals surface area contributed by atoms with Gasteiger partial charge in [-0.2, -0.15) is 12.6 Å². The number of aromatic hydroxyl groups is 1. The fourth-order valence-electron chi connectivity index (χ4n) is 4.48. The molecule has 0 aliphatic heterocycles. The average Bonchev–Trinajstić information content (AvgIpc) is 3.38. The molecule has 0 aliphatic carbocycles. The van der Waals surface area contributed by atoms with E-state index in [0.717, 1.165) is 16.5 Å². The molecule has 3 aromatic rings. The zero-order valence-corrected chi connectivity index (χ0v) is 24.0. The fraction of sp³-hybridized carbons (Fsp3) is 0.379. The van der Waals surface area contributed by atoms with E-state index in [2.05, 4.69) is 33.6 Å². The Morgan fingerprint density at radius 1 is 0.857 bits per heavy atom. The van der Waals surface area contributed by atoms with E-state index in [1.54, 1.807) is 18.3 Å². The number of nitrogens with two attached hydrogens (primary N) is 2. The van der Waals surface area contributed by atoms with E-state index in [4.69, 9.17) is 11.5 Å². The molecule has 0 bridgehead atoms. The van der Waals surface area contributed by atoms with E-state index in [1.165, 1.54) is 12.1 Å². The van der Waals surface area contributed by atoms with Crippen molar-refractivity contribution in [3.63, 3.8) is 0 Å². The van der Waals surface area contributed by atoms with Crippen molar-refractivity contribution in [3.05, 3.63) is 65.9 Å². The van der Waals surface area contributed by atoms with Crippen LogP contribution in [-0.4, -0.2) is 75.4 Å². The van der Waals surface area contributed by atoms with Crippen LogP contribution >= 0.6 is 12.6 Å². The minimum absolute atomic E-state index is 0.0401. The van der Waals surface area contributed by atoms with Gasteiger partial charge in [0.25, 0.3) is 0 Å². The van der Waals surface area contributed by atoms with E-state index in [9.17, 15) is 29.4 Å². The number of amides is 3. The first kappa shape index (κ1) is 32.4. The molecule has 4 unspecified atom stereocenters. The maximum Gasteiger partial charge on any atom is 0.327 e. The van der Waals surface area contributed by atoms with Gasteiger partial charge in [-0.05, 0) is 61.6 Å². The minimum atomic E-state index is -1.26. The molecule has 10 N–H and O–H groups in total. The number of hydrogen-bond acceptors (Lipinski definition) is 8. The summed E-state index contributed by atoms with van der Waals surface area (Å²) in [6, 6.07) is 9.34. The van der Waals surface area contributed by atoms with Gasteiger partial charge in [0, 0.05) is 29.3 Å². The average molecular weight is 599 g/mol. The van der Waals surface area contributed by atoms with Gasteiger partial charge in [-0.15, -0.1) is 0 Å². The molecular weight excluding hydrogens is 560 g/mol. The number of phenols is 1. The Kier molecular flexibility index (Phi) is 12.2. The van der Waals surface area contributed by atoms with Crippen molar-refractivity contribution in [2.24, 2.45) is 11.5 Å². The first-order valence-electron chi connectivity index (χ1n) is 13.7. The second-order valence-corrected chi connectivity index (χ2v) is 10.4. The number of benzene rings is 2. The van der Waals surface area contributed by atoms with E-state index in [0.29, 0.717) is 24.9 Å². The number of thiol groups is 1. The number of carboxylic acids is 1. The third-order valence-corrected chi connectivity index (χ3v) is 7.20. The highest BCUT2D eigenvalue weighted by Crippen LogP contribution is 2.19. The van der Waals surface area contributed by atoms with Crippen LogP contribution in [0.2, 0.25) is 0 Å². The number of para-hydroxylation sites is 1. The lowest BCUT2D eigenvalue weighted by atomic mass is 10.0. The highest BCUT2D eigenvalue weighted by atomic mass is 32.1. The van der Waals surface area contributed by atoms with Crippen molar-refractivity contribution < 1.29 is 29.4 Å². The summed E-state index contributed by atoms with van der Waals surface area (Å²) in [7, 11) is 0. The highest BCUT2D eigenvalue weighted by Gasteiger charge is 2.30. The topological polar surface area (TPSA) is 213 Å². The van der Waals surface area contributed by atoms with E-state index in [1.807, 2.05) is 24.3 Å². The molecule has 4 atom stereocenters. The molecule has 1 aromatic heterocycles. The van der Waals surface area contributed by atoms with Gasteiger partial charge in [0.1, 0.15) is 23.9 Å². The molecule has 13 heteroatoms. The molecule has 226 valence electrons. The van der Waals surface area contributed by atoms with Crippen molar-refractivity contribution in [1.82, 2.24) is 20.9 Å². The monoisotopic (exact) mass is 598 g/mol. The fourth-order valence-corrected chi connectivity index (χ4v) is 4.73. The Labute approximate surface area is 249 Å². The summed E-state index contributed by atoms with van der Waals surface area (Å²) < 4.78 is 0. The van der Waals surface area contributed by atoms with Crippen molar-refractivity contribution in [2.75, 3.05) is 12.3 Å². The van der Waals surface area contributed by atoms with Crippen LogP contribution in [0.5, 0.6) is 5.75 Å². The lowest BCUT2D eigenvalue weighted by Gasteiger charge is -2.25. The molecule has 3 amide bonds. The van der Waals surface area contributed by atoms with Crippen LogP contribution in [-0.2, 0) is 32.0 Å². The number of hydrogen-bond donors (Lipinski definition) is 9. The predicted molar refractivity (Wildman–Crippen MR) is 162 cm³/mol. The smallest absolute Gasteiger partial charge is 0.327 e. The Balaban J connectivity index is 1.78. The van der Waals surface area contributed by atoms with Crippen LogP contribution in [0.3, 0.4) is 0 Å². The van der Waals surface area contributed by atoms with E-state index >= 15 is 0 Å². The first-order valence-corrected chi connectivity index (χ1v) is 14.3. The largest absolute Gasteiger partial charge is 0.508 e. The number of carboxylic acid groups (broad SMARTS) is 1. The van der Waals surface area contributed by atoms with Crippen molar-refractivity contribution in [1.29, 1.82) is 0 Å².